The van der Waals surface area contributed by atoms with Crippen LogP contribution in [-0.4, -0.2) is 46.8 Å². The minimum absolute atomic E-state index is 0.146. The van der Waals surface area contributed by atoms with Crippen LogP contribution in [-0.2, 0) is 4.79 Å². The molecule has 0 radical (unpaired) electrons. The maximum atomic E-state index is 12.2. The highest BCUT2D eigenvalue weighted by Crippen LogP contribution is 2.14. The molecule has 0 unspecified atom stereocenters. The molecule has 0 saturated carbocycles. The first kappa shape index (κ1) is 18.2. The lowest BCUT2D eigenvalue weighted by atomic mass is 10.2. The second kappa shape index (κ2) is 8.17. The second-order valence-electron chi connectivity index (χ2n) is 6.75. The van der Waals surface area contributed by atoms with Gasteiger partial charge in [0.05, 0.1) is 5.69 Å². The molecule has 1 aromatic heterocycles. The molecule has 1 saturated heterocycles. The van der Waals surface area contributed by atoms with Crippen molar-refractivity contribution in [1.29, 1.82) is 0 Å². The molecule has 138 valence electrons. The number of aromatic nitrogens is 2. The molecule has 0 bridgehead atoms. The fourth-order valence-corrected chi connectivity index (χ4v) is 3.21. The molecule has 2 aromatic rings. The highest BCUT2D eigenvalue weighted by Gasteiger charge is 2.19. The molecule has 1 aromatic carbocycles. The summed E-state index contributed by atoms with van der Waals surface area (Å²) in [6, 6.07) is 11.1. The normalized spacial score (nSPS) is 15.0. The Morgan fingerprint density at radius 3 is 2.54 bits per heavy atom. The van der Waals surface area contributed by atoms with Crippen molar-refractivity contribution in [2.45, 2.75) is 33.1 Å². The van der Waals surface area contributed by atoms with Gasteiger partial charge < -0.3 is 9.80 Å². The summed E-state index contributed by atoms with van der Waals surface area (Å²) in [5.41, 5.74) is 1.76. The van der Waals surface area contributed by atoms with Gasteiger partial charge in [0, 0.05) is 38.7 Å². The van der Waals surface area contributed by atoms with Gasteiger partial charge in [0.2, 0.25) is 5.91 Å². The molecule has 1 fully saturated rings. The molecule has 26 heavy (non-hydrogen) atoms. The molecule has 0 spiro atoms. The third-order valence-electron chi connectivity index (χ3n) is 4.70. The zero-order chi connectivity index (χ0) is 18.5. The first-order valence-corrected chi connectivity index (χ1v) is 9.28. The van der Waals surface area contributed by atoms with E-state index >= 15 is 0 Å². The molecule has 0 aliphatic carbocycles. The summed E-state index contributed by atoms with van der Waals surface area (Å²) in [5, 5.41) is 4.57. The van der Waals surface area contributed by atoms with Gasteiger partial charge in [-0.3, -0.25) is 9.59 Å². The van der Waals surface area contributed by atoms with Gasteiger partial charge in [0.1, 0.15) is 5.82 Å². The summed E-state index contributed by atoms with van der Waals surface area (Å²) in [7, 11) is 0. The Kier molecular flexibility index (Phi) is 5.71. The predicted molar refractivity (Wildman–Crippen MR) is 103 cm³/mol. The average Bonchev–Trinajstić information content (AvgIpc) is 2.89. The highest BCUT2D eigenvalue weighted by atomic mass is 16.2. The Balaban J connectivity index is 1.79. The lowest BCUT2D eigenvalue weighted by Crippen LogP contribution is -2.35. The smallest absolute Gasteiger partial charge is 0.271 e. The van der Waals surface area contributed by atoms with E-state index in [0.29, 0.717) is 13.0 Å². The third-order valence-corrected chi connectivity index (χ3v) is 4.70. The van der Waals surface area contributed by atoms with E-state index < -0.39 is 0 Å². The maximum absolute atomic E-state index is 12.2. The molecule has 3 rings (SSSR count). The summed E-state index contributed by atoms with van der Waals surface area (Å²) < 4.78 is 1.44. The third kappa shape index (κ3) is 4.12. The first-order valence-electron chi connectivity index (χ1n) is 9.28. The zero-order valence-electron chi connectivity index (χ0n) is 15.5. The van der Waals surface area contributed by atoms with Gasteiger partial charge in [-0.05, 0) is 38.0 Å². The van der Waals surface area contributed by atoms with Crippen LogP contribution < -0.4 is 10.5 Å². The molecule has 1 amide bonds. The largest absolute Gasteiger partial charge is 0.353 e. The Hall–Kier alpha value is -2.63. The fourth-order valence-electron chi connectivity index (χ4n) is 3.21. The van der Waals surface area contributed by atoms with Gasteiger partial charge >= 0.3 is 0 Å². The van der Waals surface area contributed by atoms with Crippen LogP contribution in [0.2, 0.25) is 0 Å². The van der Waals surface area contributed by atoms with E-state index in [-0.39, 0.29) is 11.5 Å². The van der Waals surface area contributed by atoms with Crippen molar-refractivity contribution in [3.63, 3.8) is 0 Å². The van der Waals surface area contributed by atoms with E-state index in [1.165, 1.54) is 4.68 Å². The molecular weight excluding hydrogens is 328 g/mol. The molecule has 6 nitrogen and oxygen atoms in total. The van der Waals surface area contributed by atoms with Crippen LogP contribution in [0.3, 0.4) is 0 Å². The number of carbonyl (C=O) groups is 1. The summed E-state index contributed by atoms with van der Waals surface area (Å²) in [6.45, 7) is 7.08. The van der Waals surface area contributed by atoms with Crippen LogP contribution in [0.25, 0.3) is 5.69 Å². The van der Waals surface area contributed by atoms with Crippen molar-refractivity contribution < 1.29 is 4.79 Å². The monoisotopic (exact) mass is 354 g/mol. The van der Waals surface area contributed by atoms with Crippen molar-refractivity contribution in [3.8, 4) is 5.69 Å². The lowest BCUT2D eigenvalue weighted by Gasteiger charge is -2.23. The van der Waals surface area contributed by atoms with Crippen molar-refractivity contribution in [2.24, 2.45) is 0 Å². The average molecular weight is 354 g/mol. The topological polar surface area (TPSA) is 58.4 Å². The second-order valence-corrected chi connectivity index (χ2v) is 6.75. The number of anilines is 1. The quantitative estimate of drug-likeness (QED) is 0.846. The van der Waals surface area contributed by atoms with Gasteiger partial charge in [0.25, 0.3) is 5.56 Å². The number of amides is 1. The first-order chi connectivity index (χ1) is 12.6. The standard InChI is InChI=1S/C20H26N4O2/c1-3-5-19(25)23-13-4-12-22(14-15-23)18-10-11-20(26)24(21-18)17-8-6-16(2)7-9-17/h6-11H,3-5,12-15H2,1-2H3. The molecule has 0 N–H and O–H groups in total. The summed E-state index contributed by atoms with van der Waals surface area (Å²) in [6.07, 6.45) is 2.39. The zero-order valence-corrected chi connectivity index (χ0v) is 15.5. The van der Waals surface area contributed by atoms with E-state index in [9.17, 15) is 9.59 Å². The maximum Gasteiger partial charge on any atom is 0.271 e. The highest BCUT2D eigenvalue weighted by molar-refractivity contribution is 5.76. The van der Waals surface area contributed by atoms with E-state index in [0.717, 1.165) is 49.5 Å². The molecule has 1 aliphatic rings. The number of nitrogens with zero attached hydrogens (tertiary/aromatic N) is 4. The number of carbonyl (C=O) groups excluding carboxylic acids is 1. The van der Waals surface area contributed by atoms with Crippen LogP contribution in [0.1, 0.15) is 31.7 Å². The predicted octanol–water partition coefficient (Wildman–Crippen LogP) is 2.38. The molecule has 2 heterocycles. The van der Waals surface area contributed by atoms with Crippen molar-refractivity contribution in [1.82, 2.24) is 14.7 Å². The van der Waals surface area contributed by atoms with Crippen LogP contribution in [0.4, 0.5) is 5.82 Å². The number of hydrogen-bond donors (Lipinski definition) is 0. The number of aryl methyl sites for hydroxylation is 1. The van der Waals surface area contributed by atoms with Crippen LogP contribution in [0, 0.1) is 6.92 Å². The lowest BCUT2D eigenvalue weighted by molar-refractivity contribution is -0.131. The van der Waals surface area contributed by atoms with Gasteiger partial charge in [-0.1, -0.05) is 24.6 Å². The van der Waals surface area contributed by atoms with Gasteiger partial charge in [-0.25, -0.2) is 0 Å². The molecule has 0 atom stereocenters. The SMILES string of the molecule is CCCC(=O)N1CCCN(c2ccc(=O)n(-c3ccc(C)cc3)n2)CC1. The van der Waals surface area contributed by atoms with Crippen molar-refractivity contribution in [2.75, 3.05) is 31.1 Å². The van der Waals surface area contributed by atoms with Crippen LogP contribution in [0.5, 0.6) is 0 Å². The Morgan fingerprint density at radius 1 is 1.04 bits per heavy atom. The number of rotatable bonds is 4. The Labute approximate surface area is 154 Å². The van der Waals surface area contributed by atoms with Gasteiger partial charge in [-0.2, -0.15) is 4.68 Å². The Bertz CT molecular complexity index is 813. The van der Waals surface area contributed by atoms with E-state index in [2.05, 4.69) is 10.00 Å². The van der Waals surface area contributed by atoms with Crippen molar-refractivity contribution in [3.05, 3.63) is 52.3 Å². The summed E-state index contributed by atoms with van der Waals surface area (Å²) in [4.78, 5) is 28.5. The molecule has 6 heteroatoms. The molecule has 1 aliphatic heterocycles. The van der Waals surface area contributed by atoms with E-state index in [4.69, 9.17) is 0 Å². The summed E-state index contributed by atoms with van der Waals surface area (Å²) in [5.74, 6) is 1.00. The fraction of sp³-hybridized carbons (Fsp3) is 0.450. The van der Waals surface area contributed by atoms with E-state index in [1.807, 2.05) is 43.0 Å². The number of benzene rings is 1. The minimum atomic E-state index is -0.146. The summed E-state index contributed by atoms with van der Waals surface area (Å²) >= 11 is 0. The van der Waals surface area contributed by atoms with Crippen LogP contribution in [0.15, 0.2) is 41.2 Å². The van der Waals surface area contributed by atoms with Crippen LogP contribution >= 0.6 is 0 Å². The van der Waals surface area contributed by atoms with E-state index in [1.54, 1.807) is 12.1 Å². The number of hydrogen-bond acceptors (Lipinski definition) is 4. The minimum Gasteiger partial charge on any atom is -0.353 e. The van der Waals surface area contributed by atoms with Gasteiger partial charge in [-0.15, -0.1) is 5.10 Å². The Morgan fingerprint density at radius 2 is 1.81 bits per heavy atom. The van der Waals surface area contributed by atoms with Gasteiger partial charge in [0.15, 0.2) is 0 Å². The van der Waals surface area contributed by atoms with Crippen molar-refractivity contribution >= 4 is 11.7 Å². The molecular formula is C20H26N4O2.